The minimum absolute atomic E-state index is 0.135. The van der Waals surface area contributed by atoms with Gasteiger partial charge in [0.15, 0.2) is 0 Å². The van der Waals surface area contributed by atoms with Gasteiger partial charge in [0.2, 0.25) is 0 Å². The highest BCUT2D eigenvalue weighted by Gasteiger charge is 2.36. The molecule has 0 radical (unpaired) electrons. The molecule has 2 rings (SSSR count). The van der Waals surface area contributed by atoms with Gasteiger partial charge in [-0.15, -0.1) is 0 Å². The van der Waals surface area contributed by atoms with Crippen LogP contribution in [0.25, 0.3) is 0 Å². The molecule has 15 heavy (non-hydrogen) atoms. The molecule has 0 aromatic heterocycles. The molecule has 3 unspecified atom stereocenters. The van der Waals surface area contributed by atoms with Crippen molar-refractivity contribution in [3.8, 4) is 0 Å². The predicted octanol–water partition coefficient (Wildman–Crippen LogP) is -0.507. The Bertz CT molecular complexity index is 238. The Kier molecular flexibility index (Phi) is 3.41. The number of nitrogens with zero attached hydrogens (tertiary/aromatic N) is 1. The van der Waals surface area contributed by atoms with Gasteiger partial charge in [-0.1, -0.05) is 18.6 Å². The first-order valence-corrected chi connectivity index (χ1v) is 5.67. The molecular formula is C11H19NO3. The molecule has 4 nitrogen and oxygen atoms in total. The van der Waals surface area contributed by atoms with Gasteiger partial charge in [0.05, 0.1) is 6.04 Å². The standard InChI is InChI=1S/C11H19NO3/c13-9-5-4-8(10(14)11(9)15)12-6-2-1-3-7-12/h4-5,8-11,13-15H,1-3,6-7H2/t8?,9?,10?,11-/m0/s1. The lowest BCUT2D eigenvalue weighted by molar-refractivity contribution is -0.0780. The molecule has 86 valence electrons. The van der Waals surface area contributed by atoms with Gasteiger partial charge < -0.3 is 15.3 Å². The molecule has 4 heteroatoms. The van der Waals surface area contributed by atoms with Crippen LogP contribution in [-0.4, -0.2) is 57.7 Å². The third kappa shape index (κ3) is 2.23. The van der Waals surface area contributed by atoms with Gasteiger partial charge in [0.1, 0.15) is 18.3 Å². The highest BCUT2D eigenvalue weighted by molar-refractivity contribution is 5.11. The van der Waals surface area contributed by atoms with E-state index in [4.69, 9.17) is 0 Å². The SMILES string of the molecule is OC1C=CC(N2CCCCC2)C(O)[C@H]1O. The minimum atomic E-state index is -1.05. The van der Waals surface area contributed by atoms with Crippen LogP contribution in [0.3, 0.4) is 0 Å². The number of aliphatic hydroxyl groups excluding tert-OH is 3. The van der Waals surface area contributed by atoms with Crippen LogP contribution < -0.4 is 0 Å². The average molecular weight is 213 g/mol. The fraction of sp³-hybridized carbons (Fsp3) is 0.818. The normalized spacial score (nSPS) is 43.1. The quantitative estimate of drug-likeness (QED) is 0.514. The molecule has 2 aliphatic rings. The summed E-state index contributed by atoms with van der Waals surface area (Å²) < 4.78 is 0. The van der Waals surface area contributed by atoms with Crippen LogP contribution in [-0.2, 0) is 0 Å². The lowest BCUT2D eigenvalue weighted by Crippen LogP contribution is -2.54. The van der Waals surface area contributed by atoms with E-state index < -0.39 is 18.3 Å². The van der Waals surface area contributed by atoms with Crippen LogP contribution in [0.5, 0.6) is 0 Å². The average Bonchev–Trinajstić information content (AvgIpc) is 2.27. The van der Waals surface area contributed by atoms with Crippen molar-refractivity contribution in [3.05, 3.63) is 12.2 Å². The summed E-state index contributed by atoms with van der Waals surface area (Å²) in [7, 11) is 0. The van der Waals surface area contributed by atoms with Crippen LogP contribution in [0.4, 0.5) is 0 Å². The van der Waals surface area contributed by atoms with E-state index >= 15 is 0 Å². The number of hydrogen-bond acceptors (Lipinski definition) is 4. The van der Waals surface area contributed by atoms with Crippen molar-refractivity contribution in [2.75, 3.05) is 13.1 Å². The van der Waals surface area contributed by atoms with Gasteiger partial charge in [0.25, 0.3) is 0 Å². The summed E-state index contributed by atoms with van der Waals surface area (Å²) in [5, 5.41) is 28.8. The third-order valence-electron chi connectivity index (χ3n) is 3.37. The third-order valence-corrected chi connectivity index (χ3v) is 3.37. The molecule has 1 saturated heterocycles. The maximum atomic E-state index is 9.86. The number of hydrogen-bond donors (Lipinski definition) is 3. The van der Waals surface area contributed by atoms with Crippen molar-refractivity contribution >= 4 is 0 Å². The topological polar surface area (TPSA) is 63.9 Å². The summed E-state index contributed by atoms with van der Waals surface area (Å²) in [6.07, 6.45) is 4.08. The van der Waals surface area contributed by atoms with Gasteiger partial charge in [-0.25, -0.2) is 0 Å². The van der Waals surface area contributed by atoms with E-state index in [1.54, 1.807) is 6.08 Å². The molecule has 0 aromatic carbocycles. The summed E-state index contributed by atoms with van der Waals surface area (Å²) in [5.74, 6) is 0. The number of piperidine rings is 1. The van der Waals surface area contributed by atoms with Crippen molar-refractivity contribution in [1.29, 1.82) is 0 Å². The van der Waals surface area contributed by atoms with Crippen LogP contribution in [0, 0.1) is 0 Å². The Morgan fingerprint density at radius 3 is 2.20 bits per heavy atom. The second-order valence-electron chi connectivity index (χ2n) is 4.44. The number of likely N-dealkylation sites (tertiary alicyclic amines) is 1. The Balaban J connectivity index is 2.04. The molecule has 0 saturated carbocycles. The molecule has 1 aliphatic carbocycles. The van der Waals surface area contributed by atoms with Crippen LogP contribution in [0.2, 0.25) is 0 Å². The summed E-state index contributed by atoms with van der Waals surface area (Å²) in [6.45, 7) is 1.93. The number of aliphatic hydroxyl groups is 3. The summed E-state index contributed by atoms with van der Waals surface area (Å²) >= 11 is 0. The summed E-state index contributed by atoms with van der Waals surface area (Å²) in [4.78, 5) is 2.18. The number of rotatable bonds is 1. The highest BCUT2D eigenvalue weighted by Crippen LogP contribution is 2.21. The van der Waals surface area contributed by atoms with Crippen LogP contribution >= 0.6 is 0 Å². The summed E-state index contributed by atoms with van der Waals surface area (Å²) in [5.41, 5.74) is 0. The van der Waals surface area contributed by atoms with E-state index in [0.717, 1.165) is 25.9 Å². The maximum absolute atomic E-state index is 9.86. The van der Waals surface area contributed by atoms with Crippen molar-refractivity contribution in [1.82, 2.24) is 4.90 Å². The summed E-state index contributed by atoms with van der Waals surface area (Å²) in [6, 6.07) is -0.135. The molecule has 1 fully saturated rings. The van der Waals surface area contributed by atoms with E-state index in [2.05, 4.69) is 4.90 Å². The highest BCUT2D eigenvalue weighted by atomic mass is 16.4. The molecule has 0 amide bonds. The van der Waals surface area contributed by atoms with E-state index in [1.165, 1.54) is 6.42 Å². The fourth-order valence-corrected chi connectivity index (χ4v) is 2.41. The van der Waals surface area contributed by atoms with E-state index in [-0.39, 0.29) is 6.04 Å². The molecule has 1 heterocycles. The van der Waals surface area contributed by atoms with E-state index in [1.807, 2.05) is 6.08 Å². The van der Waals surface area contributed by atoms with Crippen LogP contribution in [0.15, 0.2) is 12.2 Å². The van der Waals surface area contributed by atoms with Crippen molar-refractivity contribution in [2.24, 2.45) is 0 Å². The largest absolute Gasteiger partial charge is 0.388 e. The maximum Gasteiger partial charge on any atom is 0.111 e. The first-order chi connectivity index (χ1) is 7.20. The van der Waals surface area contributed by atoms with Gasteiger partial charge in [-0.3, -0.25) is 4.90 Å². The fourth-order valence-electron chi connectivity index (χ4n) is 2.41. The minimum Gasteiger partial charge on any atom is -0.388 e. The molecule has 0 spiro atoms. The zero-order valence-electron chi connectivity index (χ0n) is 8.79. The second-order valence-corrected chi connectivity index (χ2v) is 4.44. The smallest absolute Gasteiger partial charge is 0.111 e. The Labute approximate surface area is 89.8 Å². The van der Waals surface area contributed by atoms with Crippen molar-refractivity contribution in [3.63, 3.8) is 0 Å². The van der Waals surface area contributed by atoms with E-state index in [9.17, 15) is 15.3 Å². The first kappa shape index (κ1) is 11.1. The van der Waals surface area contributed by atoms with Gasteiger partial charge in [-0.05, 0) is 25.9 Å². The Morgan fingerprint density at radius 2 is 1.53 bits per heavy atom. The Hall–Kier alpha value is -0.420. The zero-order chi connectivity index (χ0) is 10.8. The van der Waals surface area contributed by atoms with Crippen molar-refractivity contribution in [2.45, 2.75) is 43.6 Å². The first-order valence-electron chi connectivity index (χ1n) is 5.67. The predicted molar refractivity (Wildman–Crippen MR) is 56.4 cm³/mol. The monoisotopic (exact) mass is 213 g/mol. The molecule has 0 aromatic rings. The molecule has 0 bridgehead atoms. The zero-order valence-corrected chi connectivity index (χ0v) is 8.79. The Morgan fingerprint density at radius 1 is 0.867 bits per heavy atom. The lowest BCUT2D eigenvalue weighted by Gasteiger charge is -2.40. The second kappa shape index (κ2) is 4.61. The van der Waals surface area contributed by atoms with E-state index in [0.29, 0.717) is 0 Å². The molecular weight excluding hydrogens is 194 g/mol. The van der Waals surface area contributed by atoms with Crippen molar-refractivity contribution < 1.29 is 15.3 Å². The molecule has 3 N–H and O–H groups in total. The van der Waals surface area contributed by atoms with Gasteiger partial charge in [0, 0.05) is 0 Å². The molecule has 1 aliphatic heterocycles. The van der Waals surface area contributed by atoms with Gasteiger partial charge in [-0.2, -0.15) is 0 Å². The molecule has 4 atom stereocenters. The van der Waals surface area contributed by atoms with Gasteiger partial charge >= 0.3 is 0 Å². The lowest BCUT2D eigenvalue weighted by atomic mass is 9.92. The van der Waals surface area contributed by atoms with Crippen LogP contribution in [0.1, 0.15) is 19.3 Å².